The maximum atomic E-state index is 10.7. The van der Waals surface area contributed by atoms with Gasteiger partial charge in [-0.2, -0.15) is 0 Å². The first-order valence-corrected chi connectivity index (χ1v) is 9.84. The van der Waals surface area contributed by atoms with Crippen LogP contribution in [0.4, 0.5) is 0 Å². The topological polar surface area (TPSA) is 210 Å². The molecule has 13 nitrogen and oxygen atoms in total. The van der Waals surface area contributed by atoms with Crippen molar-refractivity contribution in [3.63, 3.8) is 0 Å². The highest BCUT2D eigenvalue weighted by molar-refractivity contribution is 5.78. The van der Waals surface area contributed by atoms with Crippen molar-refractivity contribution in [1.82, 2.24) is 4.90 Å². The predicted molar refractivity (Wildman–Crippen MR) is 99.8 cm³/mol. The molecule has 31 heavy (non-hydrogen) atoms. The smallest absolute Gasteiger partial charge is 0.226 e. The van der Waals surface area contributed by atoms with Gasteiger partial charge in [-0.15, -0.1) is 0 Å². The first-order valence-electron chi connectivity index (χ1n) is 9.84. The average molecular weight is 453 g/mol. The molecule has 0 spiro atoms. The summed E-state index contributed by atoms with van der Waals surface area (Å²) >= 11 is 0. The Hall–Kier alpha value is -1.23. The lowest BCUT2D eigenvalue weighted by Gasteiger charge is -2.45. The van der Waals surface area contributed by atoms with Gasteiger partial charge < -0.3 is 60.0 Å². The van der Waals surface area contributed by atoms with Gasteiger partial charge in [-0.25, -0.2) is 0 Å². The minimum atomic E-state index is -1.74. The van der Waals surface area contributed by atoms with E-state index in [9.17, 15) is 40.5 Å². The summed E-state index contributed by atoms with van der Waals surface area (Å²) in [6.07, 6.45) is -12.3. The molecule has 0 bridgehead atoms. The third-order valence-electron chi connectivity index (χ3n) is 5.31. The molecule has 3 aliphatic rings. The van der Waals surface area contributed by atoms with Gasteiger partial charge in [-0.3, -0.25) is 4.79 Å². The fourth-order valence-corrected chi connectivity index (χ4v) is 3.43. The molecule has 0 radical (unpaired) electrons. The quantitative estimate of drug-likeness (QED) is 0.198. The van der Waals surface area contributed by atoms with Crippen LogP contribution in [0.1, 0.15) is 12.8 Å². The summed E-state index contributed by atoms with van der Waals surface area (Å²) in [6.45, 7) is 3.02. The molecular formula is C18H31NO12. The normalized spacial score (nSPS) is 43.4. The van der Waals surface area contributed by atoms with Crippen molar-refractivity contribution >= 4 is 5.91 Å². The number of hydrogen-bond acceptors (Lipinski definition) is 12. The molecule has 0 saturated carbocycles. The van der Waals surface area contributed by atoms with Gasteiger partial charge in [-0.05, 0) is 12.6 Å². The SMILES string of the molecule is C=CN1CCCC1=O.OC[C@H]1O[C@@H](O[C@H]2[C@H](O)[C@@H](O)[C@@H](O)O[C@@H]2CO)[C@H](O)[C@@H](O)[C@H]1O. The third-order valence-corrected chi connectivity index (χ3v) is 5.31. The third kappa shape index (κ3) is 5.97. The van der Waals surface area contributed by atoms with Crippen molar-refractivity contribution in [1.29, 1.82) is 0 Å². The number of carbonyl (C=O) groups is 1. The van der Waals surface area contributed by atoms with Crippen LogP contribution in [-0.4, -0.2) is 133 Å². The van der Waals surface area contributed by atoms with Crippen LogP contribution in [0.15, 0.2) is 12.8 Å². The first-order chi connectivity index (χ1) is 14.7. The van der Waals surface area contributed by atoms with Crippen LogP contribution in [0, 0.1) is 0 Å². The number of ether oxygens (including phenoxy) is 3. The number of aliphatic hydroxyl groups is 8. The summed E-state index contributed by atoms with van der Waals surface area (Å²) in [5, 5.41) is 76.5. The number of hydrogen-bond donors (Lipinski definition) is 8. The Kier molecular flexibility index (Phi) is 9.72. The van der Waals surface area contributed by atoms with Crippen molar-refractivity contribution in [3.8, 4) is 0 Å². The Morgan fingerprint density at radius 2 is 1.58 bits per heavy atom. The van der Waals surface area contributed by atoms with Gasteiger partial charge in [0.15, 0.2) is 12.6 Å². The maximum Gasteiger partial charge on any atom is 0.226 e. The second-order valence-corrected chi connectivity index (χ2v) is 7.40. The van der Waals surface area contributed by atoms with E-state index in [4.69, 9.17) is 19.3 Å². The lowest BCUT2D eigenvalue weighted by molar-refractivity contribution is -0.355. The van der Waals surface area contributed by atoms with E-state index < -0.39 is 74.6 Å². The summed E-state index contributed by atoms with van der Waals surface area (Å²) in [6, 6.07) is 0. The molecule has 8 N–H and O–H groups in total. The van der Waals surface area contributed by atoms with E-state index in [0.29, 0.717) is 6.42 Å². The molecule has 0 unspecified atom stereocenters. The van der Waals surface area contributed by atoms with E-state index in [1.165, 1.54) is 0 Å². The highest BCUT2D eigenvalue weighted by Gasteiger charge is 2.50. The van der Waals surface area contributed by atoms with E-state index in [0.717, 1.165) is 13.0 Å². The molecule has 3 heterocycles. The van der Waals surface area contributed by atoms with E-state index in [1.54, 1.807) is 11.1 Å². The van der Waals surface area contributed by atoms with E-state index in [2.05, 4.69) is 6.58 Å². The molecule has 0 aliphatic carbocycles. The van der Waals surface area contributed by atoms with Gasteiger partial charge in [0.25, 0.3) is 0 Å². The van der Waals surface area contributed by atoms with Crippen molar-refractivity contribution in [2.75, 3.05) is 19.8 Å². The van der Waals surface area contributed by atoms with Crippen molar-refractivity contribution in [2.24, 2.45) is 0 Å². The molecule has 1 amide bonds. The summed E-state index contributed by atoms with van der Waals surface area (Å²) in [4.78, 5) is 12.3. The van der Waals surface area contributed by atoms with Crippen molar-refractivity contribution < 1.29 is 59.9 Å². The van der Waals surface area contributed by atoms with E-state index >= 15 is 0 Å². The van der Waals surface area contributed by atoms with Crippen molar-refractivity contribution in [3.05, 3.63) is 12.8 Å². The zero-order valence-electron chi connectivity index (χ0n) is 16.8. The monoisotopic (exact) mass is 453 g/mol. The Labute approximate surface area is 178 Å². The fraction of sp³-hybridized carbons (Fsp3) is 0.833. The van der Waals surface area contributed by atoms with Crippen LogP contribution in [0.25, 0.3) is 0 Å². The molecule has 3 aliphatic heterocycles. The molecule has 180 valence electrons. The maximum absolute atomic E-state index is 10.7. The lowest BCUT2D eigenvalue weighted by Crippen LogP contribution is -2.64. The lowest BCUT2D eigenvalue weighted by atomic mass is 9.97. The highest BCUT2D eigenvalue weighted by atomic mass is 16.7. The van der Waals surface area contributed by atoms with Crippen molar-refractivity contribution in [2.45, 2.75) is 74.3 Å². The second-order valence-electron chi connectivity index (χ2n) is 7.40. The highest BCUT2D eigenvalue weighted by Crippen LogP contribution is 2.28. The molecular weight excluding hydrogens is 422 g/mol. The predicted octanol–water partition coefficient (Wildman–Crippen LogP) is -4.64. The molecule has 0 aromatic heterocycles. The molecule has 13 heteroatoms. The second kappa shape index (κ2) is 11.6. The van der Waals surface area contributed by atoms with E-state index in [-0.39, 0.29) is 5.91 Å². The Morgan fingerprint density at radius 3 is 2.06 bits per heavy atom. The minimum Gasteiger partial charge on any atom is -0.394 e. The number of amides is 1. The zero-order valence-corrected chi connectivity index (χ0v) is 16.8. The number of likely N-dealkylation sites (tertiary alicyclic amines) is 1. The fourth-order valence-electron chi connectivity index (χ4n) is 3.43. The minimum absolute atomic E-state index is 0.208. The number of carbonyl (C=O) groups excluding carboxylic acids is 1. The Balaban J connectivity index is 0.000000357. The van der Waals surface area contributed by atoms with Gasteiger partial charge in [0.2, 0.25) is 5.91 Å². The standard InChI is InChI=1S/C12H22O11.C6H9NO/c13-1-3-5(15)6(16)9(19)12(22-3)23-10-4(2-14)21-11(20)8(18)7(10)17;1-2-7-5-3-4-6(7)8/h3-20H,1-2H2;2H,1,3-5H2/t3-,4-,5+,6+,7-,8-,9-,10-,11+,12+;/m1./s1. The molecule has 0 aromatic carbocycles. The molecule has 3 rings (SSSR count). The zero-order chi connectivity index (χ0) is 23.3. The van der Waals surface area contributed by atoms with Crippen LogP contribution in [0.2, 0.25) is 0 Å². The van der Waals surface area contributed by atoms with E-state index in [1.807, 2.05) is 0 Å². The Morgan fingerprint density at radius 1 is 0.935 bits per heavy atom. The van der Waals surface area contributed by atoms with Gasteiger partial charge in [-0.1, -0.05) is 6.58 Å². The van der Waals surface area contributed by atoms with Crippen LogP contribution >= 0.6 is 0 Å². The molecule has 3 fully saturated rings. The molecule has 0 aromatic rings. The first kappa shape index (κ1) is 26.0. The van der Waals surface area contributed by atoms with Crippen LogP contribution < -0.4 is 0 Å². The van der Waals surface area contributed by atoms with Gasteiger partial charge in [0.1, 0.15) is 48.8 Å². The summed E-state index contributed by atoms with van der Waals surface area (Å²) < 4.78 is 15.3. The summed E-state index contributed by atoms with van der Waals surface area (Å²) in [5.74, 6) is 0.208. The number of aliphatic hydroxyl groups excluding tert-OH is 8. The summed E-state index contributed by atoms with van der Waals surface area (Å²) in [5.41, 5.74) is 0. The van der Waals surface area contributed by atoms with Gasteiger partial charge >= 0.3 is 0 Å². The number of nitrogens with zero attached hydrogens (tertiary/aromatic N) is 1. The largest absolute Gasteiger partial charge is 0.394 e. The van der Waals surface area contributed by atoms with Crippen LogP contribution in [0.3, 0.4) is 0 Å². The van der Waals surface area contributed by atoms with Gasteiger partial charge in [0.05, 0.1) is 13.2 Å². The average Bonchev–Trinajstić information content (AvgIpc) is 3.19. The van der Waals surface area contributed by atoms with Gasteiger partial charge in [0, 0.05) is 13.0 Å². The summed E-state index contributed by atoms with van der Waals surface area (Å²) in [7, 11) is 0. The Bertz CT molecular complexity index is 590. The van der Waals surface area contributed by atoms with Crippen LogP contribution in [-0.2, 0) is 19.0 Å². The molecule has 3 saturated heterocycles. The van der Waals surface area contributed by atoms with Crippen LogP contribution in [0.5, 0.6) is 0 Å². The number of rotatable bonds is 5. The molecule has 10 atom stereocenters.